The molecule has 35 heavy (non-hydrogen) atoms. The van der Waals surface area contributed by atoms with Crippen LogP contribution in [0.15, 0.2) is 48.5 Å². The Bertz CT molecular complexity index is 1150. The van der Waals surface area contributed by atoms with Crippen molar-refractivity contribution in [2.75, 3.05) is 26.3 Å². The van der Waals surface area contributed by atoms with Gasteiger partial charge in [-0.15, -0.1) is 0 Å². The van der Waals surface area contributed by atoms with Crippen molar-refractivity contribution in [3.05, 3.63) is 59.7 Å². The van der Waals surface area contributed by atoms with Crippen LogP contribution in [-0.4, -0.2) is 66.4 Å². The average Bonchev–Trinajstić information content (AvgIpc) is 3.30. The molecule has 0 radical (unpaired) electrons. The van der Waals surface area contributed by atoms with Crippen LogP contribution in [-0.2, 0) is 19.1 Å². The first-order valence-electron chi connectivity index (χ1n) is 12.2. The molecule has 8 heteroatoms. The number of carboxylic acid groups (broad SMARTS) is 1. The zero-order valence-corrected chi connectivity index (χ0v) is 19.3. The first kappa shape index (κ1) is 22.1. The fourth-order valence-electron chi connectivity index (χ4n) is 6.37. The zero-order valence-electron chi connectivity index (χ0n) is 19.3. The van der Waals surface area contributed by atoms with Crippen LogP contribution >= 0.6 is 0 Å². The van der Waals surface area contributed by atoms with Gasteiger partial charge in [0.15, 0.2) is 6.10 Å². The molecule has 8 nitrogen and oxygen atoms in total. The molecule has 6 rings (SSSR count). The number of rotatable bonds is 5. The minimum Gasteiger partial charge on any atom is -0.479 e. The third-order valence-electron chi connectivity index (χ3n) is 8.13. The molecule has 182 valence electrons. The highest BCUT2D eigenvalue weighted by atomic mass is 16.5. The quantitative estimate of drug-likeness (QED) is 0.688. The number of alkyl carbamates (subject to hydrolysis) is 1. The van der Waals surface area contributed by atoms with Gasteiger partial charge in [0.2, 0.25) is 5.91 Å². The van der Waals surface area contributed by atoms with E-state index < -0.39 is 23.6 Å². The largest absolute Gasteiger partial charge is 0.479 e. The molecule has 2 aromatic carbocycles. The van der Waals surface area contributed by atoms with Crippen LogP contribution in [0, 0.1) is 11.3 Å². The number of nitrogens with one attached hydrogen (secondary N) is 1. The van der Waals surface area contributed by atoms with Crippen LogP contribution in [0.5, 0.6) is 0 Å². The number of hydrogen-bond acceptors (Lipinski definition) is 5. The van der Waals surface area contributed by atoms with Crippen molar-refractivity contribution in [3.8, 4) is 11.1 Å². The van der Waals surface area contributed by atoms with E-state index in [1.165, 1.54) is 22.3 Å². The number of morpholine rings is 1. The Hall–Kier alpha value is -3.39. The maximum Gasteiger partial charge on any atom is 0.407 e. The number of fused-ring (bicyclic) bond motifs is 4. The first-order valence-corrected chi connectivity index (χ1v) is 12.2. The van der Waals surface area contributed by atoms with Gasteiger partial charge in [0, 0.05) is 18.5 Å². The number of carbonyl (C=O) groups is 3. The number of hydrogen-bond donors (Lipinski definition) is 2. The Balaban J connectivity index is 1.06. The molecule has 1 aliphatic heterocycles. The van der Waals surface area contributed by atoms with Crippen molar-refractivity contribution in [3.63, 3.8) is 0 Å². The van der Waals surface area contributed by atoms with Crippen LogP contribution < -0.4 is 5.32 Å². The maximum atomic E-state index is 13.2. The van der Waals surface area contributed by atoms with Crippen molar-refractivity contribution in [2.45, 2.75) is 37.3 Å². The van der Waals surface area contributed by atoms with E-state index in [1.54, 1.807) is 4.90 Å². The van der Waals surface area contributed by atoms with Gasteiger partial charge in [-0.05, 0) is 47.4 Å². The van der Waals surface area contributed by atoms with Gasteiger partial charge in [-0.3, -0.25) is 4.79 Å². The number of aliphatic carboxylic acids is 1. The van der Waals surface area contributed by atoms with Crippen molar-refractivity contribution < 1.29 is 29.0 Å². The van der Waals surface area contributed by atoms with Gasteiger partial charge in [0.1, 0.15) is 6.61 Å². The van der Waals surface area contributed by atoms with Gasteiger partial charge in [-0.2, -0.15) is 0 Å². The Kier molecular flexibility index (Phi) is 5.29. The summed E-state index contributed by atoms with van der Waals surface area (Å²) in [6.45, 7) is 0.962. The van der Waals surface area contributed by atoms with Gasteiger partial charge in [-0.25, -0.2) is 9.59 Å². The summed E-state index contributed by atoms with van der Waals surface area (Å²) >= 11 is 0. The topological polar surface area (TPSA) is 105 Å². The first-order chi connectivity index (χ1) is 17.0. The monoisotopic (exact) mass is 476 g/mol. The van der Waals surface area contributed by atoms with E-state index in [9.17, 15) is 19.5 Å². The molecule has 0 bridgehead atoms. The summed E-state index contributed by atoms with van der Waals surface area (Å²) in [5.41, 5.74) is 4.21. The van der Waals surface area contributed by atoms with Gasteiger partial charge >= 0.3 is 12.1 Å². The maximum absolute atomic E-state index is 13.2. The number of ether oxygens (including phenoxy) is 2. The summed E-state index contributed by atoms with van der Waals surface area (Å²) in [6, 6.07) is 16.3. The van der Waals surface area contributed by atoms with Gasteiger partial charge < -0.3 is 24.8 Å². The normalized spacial score (nSPS) is 28.6. The molecule has 3 fully saturated rings. The van der Waals surface area contributed by atoms with E-state index in [1.807, 2.05) is 24.3 Å². The summed E-state index contributed by atoms with van der Waals surface area (Å²) in [7, 11) is 0. The summed E-state index contributed by atoms with van der Waals surface area (Å²) in [6.07, 6.45) is 0.665. The number of amides is 2. The predicted molar refractivity (Wildman–Crippen MR) is 126 cm³/mol. The third kappa shape index (κ3) is 3.76. The average molecular weight is 477 g/mol. The molecule has 2 amide bonds. The molecule has 3 aliphatic carbocycles. The van der Waals surface area contributed by atoms with E-state index in [2.05, 4.69) is 29.6 Å². The second kappa shape index (κ2) is 8.37. The standard InChI is InChI=1S/C27H28N2O6/c30-24(31)23-14-29(9-10-34-23)25(32)27-12-16(27)11-17(13-27)28-26(33)35-15-22-20-7-3-1-5-18(20)19-6-2-4-8-21(19)22/h1-8,16-17,22-23H,9-15H2,(H,28,33)(H,30,31)/t16-,17+,23?,27+/m1/s1. The summed E-state index contributed by atoms with van der Waals surface area (Å²) < 4.78 is 10.9. The minimum atomic E-state index is -1.05. The molecule has 2 saturated carbocycles. The number of nitrogens with zero attached hydrogens (tertiary/aromatic N) is 1. The molecule has 4 aliphatic rings. The highest BCUT2D eigenvalue weighted by molar-refractivity contribution is 5.88. The van der Waals surface area contributed by atoms with Crippen molar-refractivity contribution in [1.82, 2.24) is 10.2 Å². The second-order valence-electron chi connectivity index (χ2n) is 10.1. The highest BCUT2D eigenvalue weighted by Crippen LogP contribution is 2.64. The zero-order chi connectivity index (χ0) is 24.2. The lowest BCUT2D eigenvalue weighted by Gasteiger charge is -2.33. The third-order valence-corrected chi connectivity index (χ3v) is 8.13. The van der Waals surface area contributed by atoms with Crippen molar-refractivity contribution in [1.29, 1.82) is 0 Å². The molecule has 1 heterocycles. The highest BCUT2D eigenvalue weighted by Gasteiger charge is 2.66. The minimum absolute atomic E-state index is 0.00144. The summed E-state index contributed by atoms with van der Waals surface area (Å²) in [5, 5.41) is 12.2. The van der Waals surface area contributed by atoms with E-state index >= 15 is 0 Å². The second-order valence-corrected chi connectivity index (χ2v) is 10.1. The molecule has 1 saturated heterocycles. The number of carboxylic acids is 1. The van der Waals surface area contributed by atoms with Crippen LogP contribution in [0.4, 0.5) is 4.79 Å². The molecule has 1 unspecified atom stereocenters. The van der Waals surface area contributed by atoms with Gasteiger partial charge in [0.05, 0.1) is 18.6 Å². The SMILES string of the molecule is O=C(N[C@H]1C[C@@H]2C[C@]2(C(=O)N2CCOC(C(=O)O)C2)C1)OCC1c2ccccc2-c2ccccc21. The number of carbonyl (C=O) groups excluding carboxylic acids is 2. The van der Waals surface area contributed by atoms with E-state index in [0.29, 0.717) is 13.0 Å². The van der Waals surface area contributed by atoms with Crippen LogP contribution in [0.3, 0.4) is 0 Å². The number of benzene rings is 2. The van der Waals surface area contributed by atoms with Crippen molar-refractivity contribution in [2.24, 2.45) is 11.3 Å². The summed E-state index contributed by atoms with van der Waals surface area (Å²) in [5.74, 6) is -0.830. The van der Waals surface area contributed by atoms with E-state index in [4.69, 9.17) is 9.47 Å². The van der Waals surface area contributed by atoms with Crippen LogP contribution in [0.2, 0.25) is 0 Å². The predicted octanol–water partition coefficient (Wildman–Crippen LogP) is 3.01. The van der Waals surface area contributed by atoms with E-state index in [-0.39, 0.29) is 43.5 Å². The smallest absolute Gasteiger partial charge is 0.407 e. The van der Waals surface area contributed by atoms with E-state index in [0.717, 1.165) is 12.8 Å². The van der Waals surface area contributed by atoms with Gasteiger partial charge in [-0.1, -0.05) is 48.5 Å². The fraction of sp³-hybridized carbons (Fsp3) is 0.444. The Morgan fingerprint density at radius 3 is 2.43 bits per heavy atom. The molecule has 4 atom stereocenters. The van der Waals surface area contributed by atoms with Crippen molar-refractivity contribution >= 4 is 18.0 Å². The molecular weight excluding hydrogens is 448 g/mol. The van der Waals surface area contributed by atoms with Gasteiger partial charge in [0.25, 0.3) is 0 Å². The Morgan fingerprint density at radius 1 is 1.06 bits per heavy atom. The summed E-state index contributed by atoms with van der Waals surface area (Å²) in [4.78, 5) is 38.8. The van der Waals surface area contributed by atoms with Crippen LogP contribution in [0.25, 0.3) is 11.1 Å². The molecule has 0 aromatic heterocycles. The molecule has 2 aromatic rings. The molecule has 2 N–H and O–H groups in total. The Morgan fingerprint density at radius 2 is 1.74 bits per heavy atom. The molecular formula is C27H28N2O6. The lowest BCUT2D eigenvalue weighted by Crippen LogP contribution is -2.51. The fourth-order valence-corrected chi connectivity index (χ4v) is 6.37. The van der Waals surface area contributed by atoms with Crippen LogP contribution in [0.1, 0.15) is 36.3 Å². The Labute approximate surface area is 203 Å². The molecule has 0 spiro atoms. The lowest BCUT2D eigenvalue weighted by atomic mass is 9.98. The lowest BCUT2D eigenvalue weighted by molar-refractivity contribution is -0.161.